The van der Waals surface area contributed by atoms with E-state index in [0.29, 0.717) is 0 Å². The van der Waals surface area contributed by atoms with E-state index < -0.39 is 10.9 Å². The molecule has 0 aliphatic rings. The number of rotatable bonds is 3. The first-order valence-electron chi connectivity index (χ1n) is 3.35. The lowest BCUT2D eigenvalue weighted by molar-refractivity contribution is -0.397. The van der Waals surface area contributed by atoms with Crippen molar-refractivity contribution in [1.29, 1.82) is 0 Å². The van der Waals surface area contributed by atoms with Crippen molar-refractivity contribution in [2.75, 3.05) is 0 Å². The first-order chi connectivity index (χ1) is 6.77. The molecule has 2 aromatic rings. The molecule has 0 amide bonds. The summed E-state index contributed by atoms with van der Waals surface area (Å²) in [7, 11) is 0. The molecule has 2 heterocycles. The first kappa shape index (κ1) is 8.15. The lowest BCUT2D eigenvalue weighted by Crippen LogP contribution is -2.08. The third-order valence-electron chi connectivity index (χ3n) is 1.33. The highest BCUT2D eigenvalue weighted by Gasteiger charge is 2.17. The third-order valence-corrected chi connectivity index (χ3v) is 1.33. The molecule has 0 aliphatic carbocycles. The lowest BCUT2D eigenvalue weighted by Gasteiger charge is -1.96. The van der Waals surface area contributed by atoms with Crippen molar-refractivity contribution in [2.24, 2.45) is 0 Å². The second-order valence-electron chi connectivity index (χ2n) is 2.19. The van der Waals surface area contributed by atoms with Crippen LogP contribution >= 0.6 is 0 Å². The molecule has 0 unspecified atom stereocenters. The second-order valence-corrected chi connectivity index (χ2v) is 2.19. The van der Waals surface area contributed by atoms with Crippen LogP contribution in [0.1, 0.15) is 5.82 Å². The van der Waals surface area contributed by atoms with E-state index in [9.17, 15) is 10.1 Å². The van der Waals surface area contributed by atoms with Crippen molar-refractivity contribution in [3.63, 3.8) is 0 Å². The Morgan fingerprint density at radius 1 is 1.43 bits per heavy atom. The highest BCUT2D eigenvalue weighted by atomic mass is 16.6. The predicted molar refractivity (Wildman–Crippen MR) is 36.7 cm³/mol. The summed E-state index contributed by atoms with van der Waals surface area (Å²) >= 11 is 0. The number of hydrogen-bond donors (Lipinski definition) is 0. The number of hydrogen-bond acceptors (Lipinski definition) is 8. The SMILES string of the molecule is O=[N+]([O-])c1nnnn1Cc1nnn[n-]1. The molecule has 0 N–H and O–H groups in total. The van der Waals surface area contributed by atoms with Crippen molar-refractivity contribution in [2.45, 2.75) is 6.54 Å². The molecule has 14 heavy (non-hydrogen) atoms. The summed E-state index contributed by atoms with van der Waals surface area (Å²) < 4.78 is 0.943. The van der Waals surface area contributed by atoms with Gasteiger partial charge < -0.3 is 15.2 Å². The molecule has 0 radical (unpaired) electrons. The maximum Gasteiger partial charge on any atom is 0.479 e. The van der Waals surface area contributed by atoms with Gasteiger partial charge in [0.2, 0.25) is 0 Å². The highest BCUT2D eigenvalue weighted by molar-refractivity contribution is 4.99. The average molecular weight is 196 g/mol. The summed E-state index contributed by atoms with van der Waals surface area (Å²) in [6.45, 7) is -0.0314. The molecule has 2 rings (SSSR count). The Kier molecular flexibility index (Phi) is 1.82. The summed E-state index contributed by atoms with van der Waals surface area (Å²) in [5, 5.41) is 33.5. The van der Waals surface area contributed by atoms with Crippen LogP contribution < -0.4 is 5.10 Å². The fourth-order valence-electron chi connectivity index (χ4n) is 0.793. The fraction of sp³-hybridized carbons (Fsp3) is 0.333. The number of aromatic nitrogens is 8. The molecule has 0 saturated heterocycles. The Hall–Kier alpha value is -2.46. The maximum atomic E-state index is 10.4. The average Bonchev–Trinajstić information content (AvgIpc) is 2.75. The lowest BCUT2D eigenvalue weighted by atomic mass is 10.6. The Bertz CT molecular complexity index is 431. The van der Waals surface area contributed by atoms with Gasteiger partial charge in [-0.2, -0.15) is 5.21 Å². The van der Waals surface area contributed by atoms with Gasteiger partial charge >= 0.3 is 5.95 Å². The molecule has 0 aliphatic heterocycles. The third kappa shape index (κ3) is 1.37. The second kappa shape index (κ2) is 3.12. The zero-order valence-electron chi connectivity index (χ0n) is 6.55. The topological polar surface area (TPSA) is 140 Å². The van der Waals surface area contributed by atoms with Crippen LogP contribution in [0.4, 0.5) is 5.95 Å². The van der Waals surface area contributed by atoms with Gasteiger partial charge in [0, 0.05) is 11.0 Å². The number of tetrazole rings is 2. The van der Waals surface area contributed by atoms with Gasteiger partial charge in [0.1, 0.15) is 6.54 Å². The smallest absolute Gasteiger partial charge is 0.390 e. The van der Waals surface area contributed by atoms with Crippen LogP contribution in [0, 0.1) is 10.1 Å². The van der Waals surface area contributed by atoms with E-state index in [1.54, 1.807) is 0 Å². The van der Waals surface area contributed by atoms with Crippen LogP contribution in [0.15, 0.2) is 0 Å². The summed E-state index contributed by atoms with van der Waals surface area (Å²) in [4.78, 5) is 9.68. The number of nitro groups is 1. The minimum atomic E-state index is -0.705. The van der Waals surface area contributed by atoms with Crippen LogP contribution in [0.3, 0.4) is 0 Å². The van der Waals surface area contributed by atoms with Crippen molar-refractivity contribution in [1.82, 2.24) is 40.8 Å². The van der Waals surface area contributed by atoms with E-state index in [1.807, 2.05) is 0 Å². The van der Waals surface area contributed by atoms with Gasteiger partial charge in [0.15, 0.2) is 0 Å². The van der Waals surface area contributed by atoms with Gasteiger partial charge in [-0.3, -0.25) is 10.3 Å². The summed E-state index contributed by atoms with van der Waals surface area (Å²) in [6, 6.07) is 0. The molecule has 0 atom stereocenters. The molecule has 0 aromatic carbocycles. The zero-order valence-corrected chi connectivity index (χ0v) is 6.55. The van der Waals surface area contributed by atoms with Gasteiger partial charge in [0.25, 0.3) is 0 Å². The van der Waals surface area contributed by atoms with Gasteiger partial charge in [0.05, 0.1) is 10.3 Å². The van der Waals surface area contributed by atoms with Gasteiger partial charge in [-0.25, -0.2) is 0 Å². The van der Waals surface area contributed by atoms with Crippen molar-refractivity contribution < 1.29 is 4.92 Å². The van der Waals surface area contributed by atoms with Crippen molar-refractivity contribution in [3.05, 3.63) is 15.9 Å². The zero-order chi connectivity index (χ0) is 9.97. The van der Waals surface area contributed by atoms with Crippen LogP contribution in [0.5, 0.6) is 0 Å². The van der Waals surface area contributed by atoms with E-state index in [0.717, 1.165) is 4.68 Å². The molecule has 0 saturated carbocycles. The molecule has 11 heteroatoms. The Labute approximate surface area is 75.3 Å². The largest absolute Gasteiger partial charge is 0.479 e. The highest BCUT2D eigenvalue weighted by Crippen LogP contribution is 2.03. The predicted octanol–water partition coefficient (Wildman–Crippen LogP) is -2.23. The van der Waals surface area contributed by atoms with Gasteiger partial charge in [-0.1, -0.05) is 0 Å². The van der Waals surface area contributed by atoms with Crippen LogP contribution in [0.25, 0.3) is 0 Å². The standard InChI is InChI=1S/C3H2N9O2/c13-12(14)3-6-9-10-11(3)1-2-4-7-8-5-2/h1H2/q-1. The van der Waals surface area contributed by atoms with Crippen LogP contribution in [-0.2, 0) is 6.54 Å². The van der Waals surface area contributed by atoms with Gasteiger partial charge in [-0.05, 0) is 4.92 Å². The van der Waals surface area contributed by atoms with E-state index in [1.165, 1.54) is 0 Å². The Balaban J connectivity index is 2.25. The summed E-state index contributed by atoms with van der Waals surface area (Å²) in [5.74, 6) is -0.268. The quantitative estimate of drug-likeness (QED) is 0.393. The molecule has 0 spiro atoms. The molecule has 0 bridgehead atoms. The van der Waals surface area contributed by atoms with Crippen LogP contribution in [0.2, 0.25) is 0 Å². The monoisotopic (exact) mass is 196 g/mol. The fourth-order valence-corrected chi connectivity index (χ4v) is 0.793. The molecule has 2 aromatic heterocycles. The molecule has 11 nitrogen and oxygen atoms in total. The molecule has 0 fully saturated rings. The van der Waals surface area contributed by atoms with E-state index >= 15 is 0 Å². The first-order valence-corrected chi connectivity index (χ1v) is 3.35. The van der Waals surface area contributed by atoms with Crippen LogP contribution in [-0.4, -0.2) is 40.7 Å². The van der Waals surface area contributed by atoms with Gasteiger partial charge in [-0.15, -0.1) is 4.68 Å². The molecular formula is C3H2N9O2-. The van der Waals surface area contributed by atoms with E-state index in [2.05, 4.69) is 36.1 Å². The summed E-state index contributed by atoms with van der Waals surface area (Å²) in [5.41, 5.74) is 0. The van der Waals surface area contributed by atoms with Crippen molar-refractivity contribution in [3.8, 4) is 0 Å². The maximum absolute atomic E-state index is 10.4. The molecular weight excluding hydrogens is 194 g/mol. The molecule has 72 valence electrons. The Morgan fingerprint density at radius 3 is 2.93 bits per heavy atom. The number of nitrogens with zero attached hydrogens (tertiary/aromatic N) is 9. The Morgan fingerprint density at radius 2 is 2.29 bits per heavy atom. The van der Waals surface area contributed by atoms with Crippen molar-refractivity contribution >= 4 is 5.95 Å². The minimum absolute atomic E-state index is 0.0314. The van der Waals surface area contributed by atoms with E-state index in [-0.39, 0.29) is 12.4 Å². The van der Waals surface area contributed by atoms with E-state index in [4.69, 9.17) is 0 Å². The summed E-state index contributed by atoms with van der Waals surface area (Å²) in [6.07, 6.45) is 0. The normalized spacial score (nSPS) is 10.3. The minimum Gasteiger partial charge on any atom is -0.390 e.